The normalized spacial score (nSPS) is 12.9. The summed E-state index contributed by atoms with van der Waals surface area (Å²) in [5.41, 5.74) is 0.811. The van der Waals surface area contributed by atoms with E-state index >= 15 is 0 Å². The van der Waals surface area contributed by atoms with E-state index < -0.39 is 28.5 Å². The number of benzene rings is 3. The maximum atomic E-state index is 13.9. The predicted molar refractivity (Wildman–Crippen MR) is 157 cm³/mol. The lowest BCUT2D eigenvalue weighted by molar-refractivity contribution is -0.139. The van der Waals surface area contributed by atoms with E-state index in [1.165, 1.54) is 35.2 Å². The first-order valence-electron chi connectivity index (χ1n) is 12.3. The number of anilines is 1. The second-order valence-corrected chi connectivity index (χ2v) is 12.2. The fourth-order valence-electron chi connectivity index (χ4n) is 3.75. The number of carbonyl (C=O) groups excluding carboxylic acids is 2. The van der Waals surface area contributed by atoms with Gasteiger partial charge in [0.25, 0.3) is 10.0 Å². The highest BCUT2D eigenvalue weighted by Crippen LogP contribution is 2.28. The molecule has 0 aliphatic heterocycles. The Kier molecular flexibility index (Phi) is 10.7. The third kappa shape index (κ3) is 7.88. The molecule has 0 aliphatic carbocycles. The van der Waals surface area contributed by atoms with Crippen molar-refractivity contribution in [2.24, 2.45) is 0 Å². The molecule has 3 rings (SSSR count). The van der Waals surface area contributed by atoms with Crippen LogP contribution < -0.4 is 9.62 Å². The van der Waals surface area contributed by atoms with Crippen LogP contribution in [0.2, 0.25) is 15.1 Å². The summed E-state index contributed by atoms with van der Waals surface area (Å²) >= 11 is 18.5. The first-order chi connectivity index (χ1) is 18.4. The molecule has 0 aliphatic rings. The second kappa shape index (κ2) is 13.5. The van der Waals surface area contributed by atoms with Crippen LogP contribution in [0.15, 0.2) is 77.7 Å². The van der Waals surface area contributed by atoms with E-state index in [9.17, 15) is 18.0 Å². The van der Waals surface area contributed by atoms with E-state index in [1.807, 2.05) is 13.8 Å². The van der Waals surface area contributed by atoms with Gasteiger partial charge in [-0.1, -0.05) is 66.0 Å². The maximum absolute atomic E-state index is 13.9. The predicted octanol–water partition coefficient (Wildman–Crippen LogP) is 6.17. The molecule has 208 valence electrons. The van der Waals surface area contributed by atoms with Crippen molar-refractivity contribution in [3.8, 4) is 0 Å². The Morgan fingerprint density at radius 1 is 0.897 bits per heavy atom. The number of halogens is 3. The summed E-state index contributed by atoms with van der Waals surface area (Å²) < 4.78 is 28.5. The minimum Gasteiger partial charge on any atom is -0.352 e. The van der Waals surface area contributed by atoms with Gasteiger partial charge in [0, 0.05) is 27.7 Å². The number of carbonyl (C=O) groups is 2. The van der Waals surface area contributed by atoms with Crippen LogP contribution >= 0.6 is 34.8 Å². The van der Waals surface area contributed by atoms with Gasteiger partial charge >= 0.3 is 0 Å². The van der Waals surface area contributed by atoms with Gasteiger partial charge in [0.15, 0.2) is 0 Å². The maximum Gasteiger partial charge on any atom is 0.264 e. The summed E-state index contributed by atoms with van der Waals surface area (Å²) in [6, 6.07) is 17.8. The minimum atomic E-state index is -4.22. The zero-order valence-corrected chi connectivity index (χ0v) is 24.9. The quantitative estimate of drug-likeness (QED) is 0.281. The monoisotopic (exact) mass is 609 g/mol. The van der Waals surface area contributed by atoms with Crippen LogP contribution in [-0.4, -0.2) is 43.8 Å². The molecule has 0 saturated carbocycles. The van der Waals surface area contributed by atoms with Crippen LogP contribution in [0.25, 0.3) is 0 Å². The van der Waals surface area contributed by atoms with Gasteiger partial charge in [-0.15, -0.1) is 0 Å². The van der Waals surface area contributed by atoms with Crippen LogP contribution in [0, 0.1) is 0 Å². The second-order valence-electron chi connectivity index (χ2n) is 9.05. The number of nitrogens with one attached hydrogen (secondary N) is 1. The van der Waals surface area contributed by atoms with Gasteiger partial charge in [0.1, 0.15) is 12.6 Å². The Bertz CT molecular complexity index is 1420. The lowest BCUT2D eigenvalue weighted by atomic mass is 10.1. The van der Waals surface area contributed by atoms with Crippen LogP contribution in [0.1, 0.15) is 32.8 Å². The molecule has 39 heavy (non-hydrogen) atoms. The fraction of sp³-hybridized carbons (Fsp3) is 0.286. The molecular weight excluding hydrogens is 581 g/mol. The number of amides is 2. The number of hydrogen-bond donors (Lipinski definition) is 1. The van der Waals surface area contributed by atoms with Crippen molar-refractivity contribution < 1.29 is 18.0 Å². The van der Waals surface area contributed by atoms with Crippen molar-refractivity contribution in [3.05, 3.63) is 93.4 Å². The highest BCUT2D eigenvalue weighted by atomic mass is 35.5. The Morgan fingerprint density at radius 2 is 1.56 bits per heavy atom. The molecule has 3 aromatic carbocycles. The van der Waals surface area contributed by atoms with Crippen LogP contribution in [0.5, 0.6) is 0 Å². The number of nitrogens with zero attached hydrogens (tertiary/aromatic N) is 2. The summed E-state index contributed by atoms with van der Waals surface area (Å²) in [5.74, 6) is -0.959. The molecule has 0 heterocycles. The molecular formula is C28H30Cl3N3O4S. The van der Waals surface area contributed by atoms with Crippen molar-refractivity contribution in [2.75, 3.05) is 10.8 Å². The van der Waals surface area contributed by atoms with E-state index in [0.717, 1.165) is 4.31 Å². The summed E-state index contributed by atoms with van der Waals surface area (Å²) in [5, 5.41) is 3.98. The Balaban J connectivity index is 2.04. The number of hydrogen-bond acceptors (Lipinski definition) is 4. The van der Waals surface area contributed by atoms with Gasteiger partial charge < -0.3 is 10.2 Å². The Hall–Kier alpha value is -2.78. The summed E-state index contributed by atoms with van der Waals surface area (Å²) in [4.78, 5) is 28.3. The van der Waals surface area contributed by atoms with Crippen LogP contribution in [-0.2, 0) is 26.2 Å². The standard InChI is InChI=1S/C28H30Cl3N3O4S/c1-4-19(2)32-28(36)20(3)33(17-21-8-5-6-11-26(21)31)27(35)18-34(24-10-7-9-23(30)16-24)39(37,38)25-14-12-22(29)13-15-25/h5-16,19-20H,4,17-18H2,1-3H3,(H,32,36)/t19-,20+/m0/s1. The van der Waals surface area contributed by atoms with Crippen LogP contribution in [0.3, 0.4) is 0 Å². The summed E-state index contributed by atoms with van der Waals surface area (Å²) in [7, 11) is -4.22. The first kappa shape index (κ1) is 30.8. The van der Waals surface area contributed by atoms with Gasteiger partial charge in [0.05, 0.1) is 10.6 Å². The minimum absolute atomic E-state index is 0.00201. The molecule has 11 heteroatoms. The van der Waals surface area contributed by atoms with Crippen molar-refractivity contribution in [3.63, 3.8) is 0 Å². The fourth-order valence-corrected chi connectivity index (χ4v) is 5.66. The number of sulfonamides is 1. The summed E-state index contributed by atoms with van der Waals surface area (Å²) in [6.45, 7) is 4.82. The lowest BCUT2D eigenvalue weighted by Gasteiger charge is -2.32. The molecule has 0 fully saturated rings. The topological polar surface area (TPSA) is 86.8 Å². The average Bonchev–Trinajstić information content (AvgIpc) is 2.90. The SMILES string of the molecule is CC[C@H](C)NC(=O)[C@@H](C)N(Cc1ccccc1Cl)C(=O)CN(c1cccc(Cl)c1)S(=O)(=O)c1ccc(Cl)cc1. The van der Waals surface area contributed by atoms with Gasteiger partial charge in [-0.3, -0.25) is 13.9 Å². The summed E-state index contributed by atoms with van der Waals surface area (Å²) in [6.07, 6.45) is 0.707. The zero-order chi connectivity index (χ0) is 28.7. The smallest absolute Gasteiger partial charge is 0.264 e. The van der Waals surface area contributed by atoms with Crippen molar-refractivity contribution in [2.45, 2.75) is 50.7 Å². The van der Waals surface area contributed by atoms with Gasteiger partial charge in [-0.25, -0.2) is 8.42 Å². The van der Waals surface area contributed by atoms with Crippen molar-refractivity contribution in [1.29, 1.82) is 0 Å². The first-order valence-corrected chi connectivity index (χ1v) is 14.9. The van der Waals surface area contributed by atoms with Crippen molar-refractivity contribution in [1.82, 2.24) is 10.2 Å². The molecule has 2 atom stereocenters. The highest BCUT2D eigenvalue weighted by Gasteiger charge is 2.33. The molecule has 0 bridgehead atoms. The van der Waals surface area contributed by atoms with Gasteiger partial charge in [0.2, 0.25) is 11.8 Å². The van der Waals surface area contributed by atoms with E-state index in [-0.39, 0.29) is 29.1 Å². The third-order valence-electron chi connectivity index (χ3n) is 6.24. The highest BCUT2D eigenvalue weighted by molar-refractivity contribution is 7.92. The van der Waals surface area contributed by atoms with E-state index in [0.29, 0.717) is 27.1 Å². The molecule has 2 amide bonds. The van der Waals surface area contributed by atoms with E-state index in [4.69, 9.17) is 34.8 Å². The van der Waals surface area contributed by atoms with Crippen LogP contribution in [0.4, 0.5) is 5.69 Å². The van der Waals surface area contributed by atoms with E-state index in [2.05, 4.69) is 5.32 Å². The molecule has 0 saturated heterocycles. The Labute approximate surface area is 244 Å². The lowest BCUT2D eigenvalue weighted by Crippen LogP contribution is -2.52. The largest absolute Gasteiger partial charge is 0.352 e. The molecule has 7 nitrogen and oxygen atoms in total. The molecule has 0 aromatic heterocycles. The average molecular weight is 611 g/mol. The third-order valence-corrected chi connectivity index (χ3v) is 8.89. The molecule has 0 spiro atoms. The molecule has 1 N–H and O–H groups in total. The molecule has 0 unspecified atom stereocenters. The number of rotatable bonds is 11. The Morgan fingerprint density at radius 3 is 2.18 bits per heavy atom. The van der Waals surface area contributed by atoms with Gasteiger partial charge in [-0.2, -0.15) is 0 Å². The zero-order valence-electron chi connectivity index (χ0n) is 21.8. The molecule has 0 radical (unpaired) electrons. The van der Waals surface area contributed by atoms with E-state index in [1.54, 1.807) is 49.4 Å². The molecule has 3 aromatic rings. The van der Waals surface area contributed by atoms with Gasteiger partial charge in [-0.05, 0) is 74.4 Å². The van der Waals surface area contributed by atoms with Crippen molar-refractivity contribution >= 4 is 62.3 Å².